The summed E-state index contributed by atoms with van der Waals surface area (Å²) in [5, 5.41) is 0.110. The summed E-state index contributed by atoms with van der Waals surface area (Å²) in [6, 6.07) is 4.32. The van der Waals surface area contributed by atoms with E-state index in [1.807, 2.05) is 0 Å². The molecule has 1 heterocycles. The Balaban J connectivity index is 1.56. The number of nitrogens with zero attached hydrogens (tertiary/aromatic N) is 2. The number of benzene rings is 1. The molecule has 1 aromatic rings. The number of piperazine rings is 1. The Hall–Kier alpha value is -1.66. The van der Waals surface area contributed by atoms with Crippen molar-refractivity contribution in [1.29, 1.82) is 0 Å². The number of amides is 2. The first-order valence-corrected chi connectivity index (χ1v) is 9.12. The highest BCUT2D eigenvalue weighted by Crippen LogP contribution is 2.28. The normalized spacial score (nSPS) is 23.8. The lowest BCUT2D eigenvalue weighted by Gasteiger charge is -2.35. The molecule has 1 saturated carbocycles. The molecule has 2 fully saturated rings. The molecule has 1 aliphatic heterocycles. The van der Waals surface area contributed by atoms with E-state index in [4.69, 9.17) is 17.3 Å². The highest BCUT2D eigenvalue weighted by Gasteiger charge is 2.31. The summed E-state index contributed by atoms with van der Waals surface area (Å²) >= 11 is 5.97. The highest BCUT2D eigenvalue weighted by atomic mass is 35.5. The Kier molecular flexibility index (Phi) is 5.59. The molecule has 2 N–H and O–H groups in total. The lowest BCUT2D eigenvalue weighted by molar-refractivity contribution is -0.133. The second kappa shape index (κ2) is 7.70. The van der Waals surface area contributed by atoms with Crippen molar-refractivity contribution < 1.29 is 14.0 Å². The zero-order valence-electron chi connectivity index (χ0n) is 14.1. The predicted molar refractivity (Wildman–Crippen MR) is 93.8 cm³/mol. The van der Waals surface area contributed by atoms with Crippen LogP contribution >= 0.6 is 11.6 Å². The molecule has 0 unspecified atom stereocenters. The summed E-state index contributed by atoms with van der Waals surface area (Å²) in [6.07, 6.45) is 3.57. The molecule has 1 aliphatic carbocycles. The maximum Gasteiger partial charge on any atom is 0.258 e. The fourth-order valence-corrected chi connectivity index (χ4v) is 3.94. The van der Waals surface area contributed by atoms with Gasteiger partial charge >= 0.3 is 0 Å². The first-order chi connectivity index (χ1) is 12.0. The van der Waals surface area contributed by atoms with E-state index in [1.165, 1.54) is 18.2 Å². The molecular weight excluding hydrogens is 345 g/mol. The summed E-state index contributed by atoms with van der Waals surface area (Å²) in [5.74, 6) is -0.679. The number of hydrogen-bond donors (Lipinski definition) is 1. The maximum absolute atomic E-state index is 13.9. The minimum absolute atomic E-state index is 0.0957. The van der Waals surface area contributed by atoms with E-state index in [2.05, 4.69) is 0 Å². The summed E-state index contributed by atoms with van der Waals surface area (Å²) < 4.78 is 13.9. The van der Waals surface area contributed by atoms with Crippen LogP contribution in [0, 0.1) is 11.7 Å². The molecule has 136 valence electrons. The van der Waals surface area contributed by atoms with Gasteiger partial charge in [0.2, 0.25) is 5.91 Å². The highest BCUT2D eigenvalue weighted by molar-refractivity contribution is 6.33. The molecule has 1 aromatic carbocycles. The second-order valence-electron chi connectivity index (χ2n) is 6.83. The van der Waals surface area contributed by atoms with E-state index in [-0.39, 0.29) is 28.5 Å². The van der Waals surface area contributed by atoms with Crippen LogP contribution in [0.4, 0.5) is 4.39 Å². The van der Waals surface area contributed by atoms with Gasteiger partial charge in [0.1, 0.15) is 5.82 Å². The van der Waals surface area contributed by atoms with Gasteiger partial charge in [-0.05, 0) is 30.9 Å². The summed E-state index contributed by atoms with van der Waals surface area (Å²) in [4.78, 5) is 28.3. The number of nitrogens with two attached hydrogens (primary N) is 1. The van der Waals surface area contributed by atoms with Crippen molar-refractivity contribution in [3.8, 4) is 0 Å². The van der Waals surface area contributed by atoms with Gasteiger partial charge in [-0.2, -0.15) is 0 Å². The van der Waals surface area contributed by atoms with Crippen LogP contribution in [0.25, 0.3) is 0 Å². The Morgan fingerprint density at radius 1 is 1.16 bits per heavy atom. The number of rotatable bonds is 3. The third-order valence-corrected chi connectivity index (χ3v) is 5.57. The van der Waals surface area contributed by atoms with Gasteiger partial charge in [-0.25, -0.2) is 4.39 Å². The summed E-state index contributed by atoms with van der Waals surface area (Å²) in [7, 11) is 0. The summed E-state index contributed by atoms with van der Waals surface area (Å²) in [6.45, 7) is 1.68. The van der Waals surface area contributed by atoms with E-state index in [0.717, 1.165) is 19.3 Å². The van der Waals surface area contributed by atoms with E-state index < -0.39 is 11.7 Å². The van der Waals surface area contributed by atoms with E-state index >= 15 is 0 Å². The lowest BCUT2D eigenvalue weighted by atomic mass is 9.99. The molecule has 0 radical (unpaired) electrons. The third-order valence-electron chi connectivity index (χ3n) is 5.25. The molecule has 2 amide bonds. The monoisotopic (exact) mass is 367 g/mol. The molecule has 2 aliphatic rings. The zero-order valence-corrected chi connectivity index (χ0v) is 14.8. The van der Waals surface area contributed by atoms with Crippen LogP contribution < -0.4 is 5.73 Å². The minimum Gasteiger partial charge on any atom is -0.339 e. The average Bonchev–Trinajstić information content (AvgIpc) is 2.99. The van der Waals surface area contributed by atoms with E-state index in [1.54, 1.807) is 9.80 Å². The minimum atomic E-state index is -0.619. The van der Waals surface area contributed by atoms with Crippen LogP contribution in [-0.4, -0.2) is 53.8 Å². The van der Waals surface area contributed by atoms with Crippen LogP contribution in [0.15, 0.2) is 18.2 Å². The molecule has 5 nitrogen and oxygen atoms in total. The zero-order chi connectivity index (χ0) is 18.0. The molecule has 0 aromatic heterocycles. The van der Waals surface area contributed by atoms with Crippen LogP contribution in [-0.2, 0) is 4.79 Å². The molecule has 3 rings (SSSR count). The van der Waals surface area contributed by atoms with Crippen molar-refractivity contribution in [2.75, 3.05) is 26.2 Å². The fraction of sp³-hybridized carbons (Fsp3) is 0.556. The van der Waals surface area contributed by atoms with Crippen molar-refractivity contribution >= 4 is 23.4 Å². The van der Waals surface area contributed by atoms with Crippen molar-refractivity contribution in [2.24, 2.45) is 11.7 Å². The average molecular weight is 368 g/mol. The van der Waals surface area contributed by atoms with Gasteiger partial charge in [0.15, 0.2) is 0 Å². The van der Waals surface area contributed by atoms with Gasteiger partial charge in [0, 0.05) is 38.6 Å². The molecule has 7 heteroatoms. The van der Waals surface area contributed by atoms with E-state index in [0.29, 0.717) is 32.6 Å². The quantitative estimate of drug-likeness (QED) is 0.891. The molecule has 0 spiro atoms. The smallest absolute Gasteiger partial charge is 0.258 e. The van der Waals surface area contributed by atoms with Crippen LogP contribution in [0.5, 0.6) is 0 Å². The van der Waals surface area contributed by atoms with Crippen LogP contribution in [0.3, 0.4) is 0 Å². The number of carbonyl (C=O) groups excluding carboxylic acids is 2. The van der Waals surface area contributed by atoms with Crippen molar-refractivity contribution in [1.82, 2.24) is 9.80 Å². The van der Waals surface area contributed by atoms with E-state index in [9.17, 15) is 14.0 Å². The Morgan fingerprint density at radius 3 is 2.44 bits per heavy atom. The second-order valence-corrected chi connectivity index (χ2v) is 7.24. The maximum atomic E-state index is 13.9. The largest absolute Gasteiger partial charge is 0.339 e. The standard InChI is InChI=1S/C18H23ClFN3O2/c19-13-4-2-5-14(20)17(13)18(25)23-9-7-22(8-10-23)16(24)11-12-3-1-6-15(12)21/h2,4-5,12,15H,1,3,6-11,21H2/t12-,15+/m0/s1. The first-order valence-electron chi connectivity index (χ1n) is 8.74. The lowest BCUT2D eigenvalue weighted by Crippen LogP contribution is -2.51. The fourth-order valence-electron chi connectivity index (χ4n) is 3.69. The predicted octanol–water partition coefficient (Wildman–Crippen LogP) is 2.28. The van der Waals surface area contributed by atoms with Gasteiger partial charge in [-0.15, -0.1) is 0 Å². The van der Waals surface area contributed by atoms with Crippen LogP contribution in [0.1, 0.15) is 36.0 Å². The van der Waals surface area contributed by atoms with Gasteiger partial charge in [-0.1, -0.05) is 24.1 Å². The number of carbonyl (C=O) groups is 2. The van der Waals surface area contributed by atoms with Crippen LogP contribution in [0.2, 0.25) is 5.02 Å². The third kappa shape index (κ3) is 3.96. The topological polar surface area (TPSA) is 66.6 Å². The van der Waals surface area contributed by atoms with Crippen molar-refractivity contribution in [3.05, 3.63) is 34.6 Å². The Bertz CT molecular complexity index is 641. The summed E-state index contributed by atoms with van der Waals surface area (Å²) in [5.41, 5.74) is 5.94. The van der Waals surface area contributed by atoms with Gasteiger partial charge < -0.3 is 15.5 Å². The van der Waals surface area contributed by atoms with Gasteiger partial charge in [0.25, 0.3) is 5.91 Å². The molecule has 2 atom stereocenters. The Morgan fingerprint density at radius 2 is 1.84 bits per heavy atom. The molecule has 1 saturated heterocycles. The molecule has 0 bridgehead atoms. The van der Waals surface area contributed by atoms with Gasteiger partial charge in [-0.3, -0.25) is 9.59 Å². The molecule has 25 heavy (non-hydrogen) atoms. The Labute approximate surface area is 151 Å². The van der Waals surface area contributed by atoms with Crippen molar-refractivity contribution in [3.63, 3.8) is 0 Å². The van der Waals surface area contributed by atoms with Gasteiger partial charge in [0.05, 0.1) is 10.6 Å². The first kappa shape index (κ1) is 18.1. The SMILES string of the molecule is N[C@@H]1CCC[C@H]1CC(=O)N1CCN(C(=O)c2c(F)cccc2Cl)CC1. The van der Waals surface area contributed by atoms with Crippen molar-refractivity contribution in [2.45, 2.75) is 31.7 Å². The number of hydrogen-bond acceptors (Lipinski definition) is 3. The number of halogens is 2. The molecular formula is C18H23ClFN3O2.